The van der Waals surface area contributed by atoms with E-state index in [1.165, 1.54) is 9.75 Å². The van der Waals surface area contributed by atoms with E-state index in [4.69, 9.17) is 0 Å². The van der Waals surface area contributed by atoms with Crippen LogP contribution in [0, 0.1) is 13.8 Å². The van der Waals surface area contributed by atoms with E-state index < -0.39 is 0 Å². The van der Waals surface area contributed by atoms with Gasteiger partial charge < -0.3 is 10.6 Å². The highest BCUT2D eigenvalue weighted by Gasteiger charge is 2.14. The van der Waals surface area contributed by atoms with Crippen LogP contribution < -0.4 is 10.6 Å². The summed E-state index contributed by atoms with van der Waals surface area (Å²) in [7, 11) is 0. The summed E-state index contributed by atoms with van der Waals surface area (Å²) in [5, 5.41) is 5.51. The monoisotopic (exact) mass is 282 g/mol. The first-order valence-electron chi connectivity index (χ1n) is 6.57. The molecule has 1 rings (SSSR count). The Hall–Kier alpha value is -1.36. The first kappa shape index (κ1) is 15.7. The second-order valence-corrected chi connectivity index (χ2v) is 6.14. The van der Waals surface area contributed by atoms with Gasteiger partial charge in [0.2, 0.25) is 11.8 Å². The summed E-state index contributed by atoms with van der Waals surface area (Å²) in [6.07, 6.45) is 1.25. The smallest absolute Gasteiger partial charge is 0.239 e. The largest absolute Gasteiger partial charge is 0.348 e. The van der Waals surface area contributed by atoms with Crippen LogP contribution in [0.1, 0.15) is 48.0 Å². The molecule has 0 saturated carbocycles. The third-order valence-electron chi connectivity index (χ3n) is 2.85. The van der Waals surface area contributed by atoms with Crippen molar-refractivity contribution in [2.75, 3.05) is 6.54 Å². The molecular formula is C14H22N2O2S. The lowest BCUT2D eigenvalue weighted by atomic mass is 10.1. The van der Waals surface area contributed by atoms with Gasteiger partial charge >= 0.3 is 0 Å². The second kappa shape index (κ2) is 7.28. The Bertz CT molecular complexity index is 454. The molecule has 0 aliphatic carbocycles. The van der Waals surface area contributed by atoms with Gasteiger partial charge in [0.05, 0.1) is 12.6 Å². The molecule has 0 fully saturated rings. The van der Waals surface area contributed by atoms with Gasteiger partial charge in [-0.15, -0.1) is 11.3 Å². The van der Waals surface area contributed by atoms with Crippen LogP contribution in [-0.4, -0.2) is 18.4 Å². The molecular weight excluding hydrogens is 260 g/mol. The summed E-state index contributed by atoms with van der Waals surface area (Å²) in [5.74, 6) is -0.229. The Kier molecular flexibility index (Phi) is 6.02. The van der Waals surface area contributed by atoms with Gasteiger partial charge in [-0.1, -0.05) is 6.92 Å². The summed E-state index contributed by atoms with van der Waals surface area (Å²) >= 11 is 1.73. The molecule has 4 nitrogen and oxygen atoms in total. The van der Waals surface area contributed by atoms with Crippen LogP contribution >= 0.6 is 11.3 Å². The Morgan fingerprint density at radius 2 is 2.00 bits per heavy atom. The van der Waals surface area contributed by atoms with E-state index in [-0.39, 0.29) is 24.4 Å². The van der Waals surface area contributed by atoms with Crippen LogP contribution in [0.2, 0.25) is 0 Å². The fourth-order valence-corrected chi connectivity index (χ4v) is 2.97. The lowest BCUT2D eigenvalue weighted by molar-refractivity contribution is -0.126. The third-order valence-corrected chi connectivity index (χ3v) is 3.83. The molecule has 1 unspecified atom stereocenters. The average molecular weight is 282 g/mol. The number of hydrogen-bond donors (Lipinski definition) is 2. The zero-order valence-electron chi connectivity index (χ0n) is 12.0. The normalized spacial score (nSPS) is 12.0. The summed E-state index contributed by atoms with van der Waals surface area (Å²) < 4.78 is 0. The van der Waals surface area contributed by atoms with Crippen molar-refractivity contribution in [3.8, 4) is 0 Å². The number of rotatable bonds is 6. The van der Waals surface area contributed by atoms with Gasteiger partial charge in [0, 0.05) is 16.2 Å². The highest BCUT2D eigenvalue weighted by Crippen LogP contribution is 2.25. The van der Waals surface area contributed by atoms with Gasteiger partial charge in [-0.2, -0.15) is 0 Å². The quantitative estimate of drug-likeness (QED) is 0.842. The fourth-order valence-electron chi connectivity index (χ4n) is 1.94. The summed E-state index contributed by atoms with van der Waals surface area (Å²) in [4.78, 5) is 25.5. The predicted octanol–water partition coefficient (Wildman–Crippen LogP) is 2.46. The van der Waals surface area contributed by atoms with Crippen molar-refractivity contribution in [3.05, 3.63) is 21.4 Å². The van der Waals surface area contributed by atoms with Crippen molar-refractivity contribution >= 4 is 23.2 Å². The molecule has 0 radical (unpaired) electrons. The Morgan fingerprint density at radius 1 is 1.32 bits per heavy atom. The molecule has 106 valence electrons. The molecule has 1 aromatic heterocycles. The van der Waals surface area contributed by atoms with Crippen LogP contribution in [0.15, 0.2) is 6.07 Å². The first-order chi connectivity index (χ1) is 8.93. The van der Waals surface area contributed by atoms with E-state index in [0.717, 1.165) is 12.0 Å². The highest BCUT2D eigenvalue weighted by atomic mass is 32.1. The Labute approximate surface area is 118 Å². The standard InChI is InChI=1S/C14H22N2O2S/c1-5-6-13(17)15-8-14(18)16-10(3)12-7-9(2)19-11(12)4/h7,10H,5-6,8H2,1-4H3,(H,15,17)(H,16,18). The number of carbonyl (C=O) groups is 2. The van der Waals surface area contributed by atoms with E-state index in [9.17, 15) is 9.59 Å². The number of amides is 2. The van der Waals surface area contributed by atoms with Crippen LogP contribution in [0.25, 0.3) is 0 Å². The molecule has 1 atom stereocenters. The lowest BCUT2D eigenvalue weighted by Gasteiger charge is -2.14. The van der Waals surface area contributed by atoms with E-state index in [2.05, 4.69) is 30.5 Å². The number of nitrogens with one attached hydrogen (secondary N) is 2. The second-order valence-electron chi connectivity index (χ2n) is 4.68. The van der Waals surface area contributed by atoms with Crippen molar-refractivity contribution in [1.82, 2.24) is 10.6 Å². The zero-order chi connectivity index (χ0) is 14.4. The van der Waals surface area contributed by atoms with Gasteiger partial charge in [0.1, 0.15) is 0 Å². The van der Waals surface area contributed by atoms with Gasteiger partial charge in [-0.3, -0.25) is 9.59 Å². The molecule has 0 saturated heterocycles. The SMILES string of the molecule is CCCC(=O)NCC(=O)NC(C)c1cc(C)sc1C. The van der Waals surface area contributed by atoms with E-state index in [1.54, 1.807) is 11.3 Å². The summed E-state index contributed by atoms with van der Waals surface area (Å²) in [6, 6.07) is 2.07. The third kappa shape index (κ3) is 5.03. The van der Waals surface area contributed by atoms with Crippen LogP contribution in [-0.2, 0) is 9.59 Å². The number of hydrogen-bond acceptors (Lipinski definition) is 3. The first-order valence-corrected chi connectivity index (χ1v) is 7.38. The van der Waals surface area contributed by atoms with Crippen LogP contribution in [0.5, 0.6) is 0 Å². The maximum Gasteiger partial charge on any atom is 0.239 e. The fraction of sp³-hybridized carbons (Fsp3) is 0.571. The molecule has 5 heteroatoms. The van der Waals surface area contributed by atoms with Gasteiger partial charge in [-0.05, 0) is 38.8 Å². The molecule has 1 aromatic rings. The average Bonchev–Trinajstić information content (AvgIpc) is 2.66. The predicted molar refractivity (Wildman–Crippen MR) is 78.3 cm³/mol. The van der Waals surface area contributed by atoms with Crippen LogP contribution in [0.4, 0.5) is 0 Å². The Balaban J connectivity index is 2.44. The van der Waals surface area contributed by atoms with Gasteiger partial charge in [0.15, 0.2) is 0 Å². The van der Waals surface area contributed by atoms with Gasteiger partial charge in [0.25, 0.3) is 0 Å². The van der Waals surface area contributed by atoms with Crippen molar-refractivity contribution < 1.29 is 9.59 Å². The van der Waals surface area contributed by atoms with Gasteiger partial charge in [-0.25, -0.2) is 0 Å². The number of thiophene rings is 1. The minimum atomic E-state index is -0.153. The molecule has 2 amide bonds. The minimum Gasteiger partial charge on any atom is -0.348 e. The minimum absolute atomic E-state index is 0.0273. The molecule has 2 N–H and O–H groups in total. The van der Waals surface area contributed by atoms with Crippen molar-refractivity contribution in [1.29, 1.82) is 0 Å². The number of aryl methyl sites for hydroxylation is 2. The number of carbonyl (C=O) groups excluding carboxylic acids is 2. The van der Waals surface area contributed by atoms with E-state index in [0.29, 0.717) is 6.42 Å². The zero-order valence-corrected chi connectivity index (χ0v) is 12.8. The molecule has 0 bridgehead atoms. The van der Waals surface area contributed by atoms with Crippen molar-refractivity contribution in [2.24, 2.45) is 0 Å². The topological polar surface area (TPSA) is 58.2 Å². The maximum absolute atomic E-state index is 11.7. The molecule has 19 heavy (non-hydrogen) atoms. The molecule has 0 aliphatic rings. The van der Waals surface area contributed by atoms with E-state index >= 15 is 0 Å². The van der Waals surface area contributed by atoms with Crippen molar-refractivity contribution in [2.45, 2.75) is 46.6 Å². The lowest BCUT2D eigenvalue weighted by Crippen LogP contribution is -2.37. The summed E-state index contributed by atoms with van der Waals surface area (Å²) in [6.45, 7) is 8.05. The molecule has 1 heterocycles. The van der Waals surface area contributed by atoms with E-state index in [1.807, 2.05) is 13.8 Å². The summed E-state index contributed by atoms with van der Waals surface area (Å²) in [5.41, 5.74) is 1.15. The molecule has 0 aliphatic heterocycles. The Morgan fingerprint density at radius 3 is 2.53 bits per heavy atom. The highest BCUT2D eigenvalue weighted by molar-refractivity contribution is 7.12. The van der Waals surface area contributed by atoms with Crippen LogP contribution in [0.3, 0.4) is 0 Å². The van der Waals surface area contributed by atoms with Crippen molar-refractivity contribution in [3.63, 3.8) is 0 Å². The molecule has 0 aromatic carbocycles. The molecule has 0 spiro atoms. The maximum atomic E-state index is 11.7.